The van der Waals surface area contributed by atoms with Crippen LogP contribution in [0.4, 0.5) is 18.9 Å². The molecular formula is C31H27F3N2O6S. The van der Waals surface area contributed by atoms with Crippen molar-refractivity contribution in [3.05, 3.63) is 101 Å². The van der Waals surface area contributed by atoms with E-state index < -0.39 is 44.0 Å². The lowest BCUT2D eigenvalue weighted by atomic mass is 9.87. The van der Waals surface area contributed by atoms with Gasteiger partial charge in [-0.25, -0.2) is 8.42 Å². The van der Waals surface area contributed by atoms with Crippen molar-refractivity contribution in [1.82, 2.24) is 5.32 Å². The Morgan fingerprint density at radius 2 is 1.74 bits per heavy atom. The Hall–Kier alpha value is -4.45. The lowest BCUT2D eigenvalue weighted by Gasteiger charge is -2.28. The predicted molar refractivity (Wildman–Crippen MR) is 151 cm³/mol. The van der Waals surface area contributed by atoms with E-state index in [1.165, 1.54) is 13.2 Å². The average Bonchev–Trinajstić information content (AvgIpc) is 3.59. The molecule has 0 heterocycles. The topological polar surface area (TPSA) is 119 Å². The normalized spacial score (nSPS) is 20.9. The number of amides is 2. The molecule has 2 amide bonds. The quantitative estimate of drug-likeness (QED) is 0.261. The Bertz CT molecular complexity index is 1720. The van der Waals surface area contributed by atoms with E-state index in [2.05, 4.69) is 10.6 Å². The molecule has 224 valence electrons. The summed E-state index contributed by atoms with van der Waals surface area (Å²) in [5.41, 5.74) is -3.28. The summed E-state index contributed by atoms with van der Waals surface area (Å²) in [5, 5.41) is 5.49. The molecule has 0 unspecified atom stereocenters. The highest BCUT2D eigenvalue weighted by molar-refractivity contribution is 7.92. The third-order valence-electron chi connectivity index (χ3n) is 7.86. The van der Waals surface area contributed by atoms with Gasteiger partial charge < -0.3 is 15.4 Å². The molecule has 1 fully saturated rings. The first-order valence-corrected chi connectivity index (χ1v) is 14.8. The number of aldehydes is 1. The Kier molecular flexibility index (Phi) is 8.15. The Morgan fingerprint density at radius 3 is 2.47 bits per heavy atom. The first-order valence-electron chi connectivity index (χ1n) is 13.3. The van der Waals surface area contributed by atoms with Crippen molar-refractivity contribution in [1.29, 1.82) is 0 Å². The summed E-state index contributed by atoms with van der Waals surface area (Å²) in [6.45, 7) is 0. The van der Waals surface area contributed by atoms with E-state index in [0.29, 0.717) is 24.2 Å². The van der Waals surface area contributed by atoms with Gasteiger partial charge in [-0.3, -0.25) is 14.4 Å². The summed E-state index contributed by atoms with van der Waals surface area (Å²) in [6.07, 6.45) is 5.54. The highest BCUT2D eigenvalue weighted by Gasteiger charge is 2.49. The number of benzene rings is 3. The molecule has 3 aromatic carbocycles. The molecular weight excluding hydrogens is 585 g/mol. The molecule has 12 heteroatoms. The van der Waals surface area contributed by atoms with Crippen molar-refractivity contribution in [2.24, 2.45) is 17.8 Å². The number of alkyl halides is 3. The molecule has 0 aliphatic heterocycles. The number of hydrogen-bond acceptors (Lipinski definition) is 6. The van der Waals surface area contributed by atoms with Gasteiger partial charge in [-0.1, -0.05) is 48.6 Å². The number of halogens is 3. The molecule has 2 aliphatic carbocycles. The molecule has 0 saturated heterocycles. The summed E-state index contributed by atoms with van der Waals surface area (Å²) in [4.78, 5) is 37.5. The smallest absolute Gasteiger partial charge is 0.496 e. The van der Waals surface area contributed by atoms with Gasteiger partial charge in [-0.15, -0.1) is 0 Å². The highest BCUT2D eigenvalue weighted by Crippen LogP contribution is 2.44. The van der Waals surface area contributed by atoms with Crippen LogP contribution in [-0.2, 0) is 21.1 Å². The van der Waals surface area contributed by atoms with Gasteiger partial charge in [-0.2, -0.15) is 13.2 Å². The molecule has 0 spiro atoms. The van der Waals surface area contributed by atoms with E-state index in [4.69, 9.17) is 4.74 Å². The van der Waals surface area contributed by atoms with Crippen LogP contribution in [0.2, 0.25) is 0 Å². The maximum atomic E-state index is 13.6. The molecule has 5 rings (SSSR count). The maximum Gasteiger partial charge on any atom is 0.501 e. The van der Waals surface area contributed by atoms with E-state index in [-0.39, 0.29) is 23.1 Å². The largest absolute Gasteiger partial charge is 0.501 e. The summed E-state index contributed by atoms with van der Waals surface area (Å²) in [5.74, 6) is -1.87. The fraction of sp³-hybridized carbons (Fsp3) is 0.258. The van der Waals surface area contributed by atoms with Gasteiger partial charge in [0.1, 0.15) is 12.0 Å². The van der Waals surface area contributed by atoms with Crippen LogP contribution in [0.5, 0.6) is 5.75 Å². The van der Waals surface area contributed by atoms with Gasteiger partial charge in [0.05, 0.1) is 23.5 Å². The second-order valence-corrected chi connectivity index (χ2v) is 12.4. The molecule has 2 aliphatic rings. The van der Waals surface area contributed by atoms with Crippen molar-refractivity contribution in [2.75, 3.05) is 12.4 Å². The second kappa shape index (κ2) is 11.7. The Balaban J connectivity index is 1.36. The monoisotopic (exact) mass is 612 g/mol. The van der Waals surface area contributed by atoms with Crippen LogP contribution >= 0.6 is 0 Å². The predicted octanol–water partition coefficient (Wildman–Crippen LogP) is 4.95. The number of hydrogen-bond donors (Lipinski definition) is 2. The molecule has 4 atom stereocenters. The number of ether oxygens (including phenoxy) is 1. The third kappa shape index (κ3) is 5.92. The lowest BCUT2D eigenvalue weighted by molar-refractivity contribution is -0.121. The van der Waals surface area contributed by atoms with Gasteiger partial charge in [0.15, 0.2) is 0 Å². The molecule has 0 radical (unpaired) electrons. The molecule has 1 saturated carbocycles. The van der Waals surface area contributed by atoms with Crippen molar-refractivity contribution >= 4 is 33.6 Å². The van der Waals surface area contributed by atoms with Crippen molar-refractivity contribution in [3.8, 4) is 5.75 Å². The number of rotatable bonds is 9. The van der Waals surface area contributed by atoms with Crippen molar-refractivity contribution in [3.63, 3.8) is 0 Å². The Morgan fingerprint density at radius 1 is 1.00 bits per heavy atom. The highest BCUT2D eigenvalue weighted by atomic mass is 32.2. The van der Waals surface area contributed by atoms with E-state index in [9.17, 15) is 36.0 Å². The van der Waals surface area contributed by atoms with Crippen LogP contribution in [0.1, 0.15) is 38.3 Å². The summed E-state index contributed by atoms with van der Waals surface area (Å²) in [7, 11) is -4.17. The minimum atomic E-state index is -5.60. The number of fused-ring (bicyclic) bond motifs is 2. The minimum Gasteiger partial charge on any atom is -0.496 e. The third-order valence-corrected chi connectivity index (χ3v) is 9.35. The summed E-state index contributed by atoms with van der Waals surface area (Å²) in [6, 6.07) is 15.6. The minimum absolute atomic E-state index is 0.114. The molecule has 8 nitrogen and oxygen atoms in total. The van der Waals surface area contributed by atoms with E-state index >= 15 is 0 Å². The van der Waals surface area contributed by atoms with Crippen LogP contribution in [0, 0.1) is 17.8 Å². The molecule has 2 bridgehead atoms. The van der Waals surface area contributed by atoms with E-state index in [0.717, 1.165) is 35.6 Å². The SMILES string of the molecule is COc1ccc(Cc2ccccc2C=O)cc1C(=O)N[C@H]1[C@@H](C(=O)Nc2cccc(S(=O)(=O)C(F)(F)F)c2)[C@@H]2C=C[C@H]1C2. The van der Waals surface area contributed by atoms with Crippen LogP contribution in [0.15, 0.2) is 83.8 Å². The number of carbonyl (C=O) groups is 3. The Labute approximate surface area is 245 Å². The second-order valence-electron chi connectivity index (χ2n) is 10.5. The fourth-order valence-electron chi connectivity index (χ4n) is 5.78. The summed E-state index contributed by atoms with van der Waals surface area (Å²) < 4.78 is 68.3. The van der Waals surface area contributed by atoms with E-state index in [1.54, 1.807) is 30.3 Å². The zero-order chi connectivity index (χ0) is 30.9. The fourth-order valence-corrected chi connectivity index (χ4v) is 6.59. The van der Waals surface area contributed by atoms with Gasteiger partial charge in [0, 0.05) is 17.3 Å². The molecule has 3 aromatic rings. The molecule has 2 N–H and O–H groups in total. The number of nitrogens with one attached hydrogen (secondary N) is 2. The maximum absolute atomic E-state index is 13.6. The first-order chi connectivity index (χ1) is 20.4. The van der Waals surface area contributed by atoms with Gasteiger partial charge in [0.2, 0.25) is 5.91 Å². The summed E-state index contributed by atoms with van der Waals surface area (Å²) >= 11 is 0. The number of carbonyl (C=O) groups excluding carboxylic acids is 3. The standard InChI is InChI=1S/C31H27F3N2O6S/c1-42-26-12-9-18(13-19-5-2-3-6-22(19)17-37)14-25(26)29(38)36-28-21-11-10-20(15-21)27(28)30(39)35-23-7-4-8-24(16-23)43(40,41)31(32,33)34/h2-12,14,16-17,20-21,27-28H,13,15H2,1H3,(H,35,39)(H,36,38)/t20-,21+,27+,28-/m1/s1. The van der Waals surface area contributed by atoms with Crippen LogP contribution in [0.3, 0.4) is 0 Å². The van der Waals surface area contributed by atoms with Crippen molar-refractivity contribution in [2.45, 2.75) is 29.3 Å². The zero-order valence-corrected chi connectivity index (χ0v) is 23.6. The number of methoxy groups -OCH3 is 1. The average molecular weight is 613 g/mol. The molecule has 43 heavy (non-hydrogen) atoms. The van der Waals surface area contributed by atoms with Gasteiger partial charge in [-0.05, 0) is 66.1 Å². The van der Waals surface area contributed by atoms with Crippen LogP contribution in [-0.4, -0.2) is 45.2 Å². The number of allylic oxidation sites excluding steroid dienone is 1. The number of anilines is 1. The van der Waals surface area contributed by atoms with Crippen molar-refractivity contribution < 1.29 is 40.7 Å². The van der Waals surface area contributed by atoms with E-state index in [1.807, 2.05) is 24.3 Å². The molecule has 0 aromatic heterocycles. The van der Waals surface area contributed by atoms with Gasteiger partial charge in [0.25, 0.3) is 15.7 Å². The number of sulfone groups is 1. The lowest BCUT2D eigenvalue weighted by Crippen LogP contribution is -2.47. The van der Waals surface area contributed by atoms with Crippen LogP contribution in [0.25, 0.3) is 0 Å². The van der Waals surface area contributed by atoms with Gasteiger partial charge >= 0.3 is 5.51 Å². The zero-order valence-electron chi connectivity index (χ0n) is 22.8. The van der Waals surface area contributed by atoms with Crippen LogP contribution < -0.4 is 15.4 Å². The first kappa shape index (κ1) is 30.0.